The molecule has 0 saturated heterocycles. The Hall–Kier alpha value is -1.48. The normalized spacial score (nSPS) is 10.9. The number of benzene rings is 1. The van der Waals surface area contributed by atoms with Gasteiger partial charge in [-0.2, -0.15) is 5.10 Å². The molecule has 3 nitrogen and oxygen atoms in total. The van der Waals surface area contributed by atoms with Gasteiger partial charge < -0.3 is 4.74 Å². The number of alkyl halides is 1. The number of para-hydroxylation sites is 1. The molecule has 18 heavy (non-hydrogen) atoms. The molecule has 0 radical (unpaired) electrons. The van der Waals surface area contributed by atoms with Gasteiger partial charge in [0.25, 0.3) is 0 Å². The Morgan fingerprint density at radius 3 is 2.72 bits per heavy atom. The summed E-state index contributed by atoms with van der Waals surface area (Å²) < 4.78 is 7.67. The molecule has 1 aromatic carbocycles. The van der Waals surface area contributed by atoms with E-state index in [-0.39, 0.29) is 0 Å². The summed E-state index contributed by atoms with van der Waals surface area (Å²) in [6.45, 7) is 4.66. The van der Waals surface area contributed by atoms with Crippen LogP contribution in [0.3, 0.4) is 0 Å². The third kappa shape index (κ3) is 3.05. The van der Waals surface area contributed by atoms with Gasteiger partial charge in [-0.05, 0) is 26.0 Å². The van der Waals surface area contributed by atoms with Crippen LogP contribution in [-0.2, 0) is 12.5 Å². The number of rotatable bonds is 5. The van der Waals surface area contributed by atoms with Crippen LogP contribution in [-0.4, -0.2) is 9.78 Å². The van der Waals surface area contributed by atoms with E-state index in [0.717, 1.165) is 17.0 Å². The highest BCUT2D eigenvalue weighted by atomic mass is 35.5. The van der Waals surface area contributed by atoms with Gasteiger partial charge in [-0.25, -0.2) is 0 Å². The third-order valence-electron chi connectivity index (χ3n) is 2.68. The van der Waals surface area contributed by atoms with Crippen LogP contribution in [0, 0.1) is 0 Å². The van der Waals surface area contributed by atoms with Gasteiger partial charge in [0.15, 0.2) is 0 Å². The molecule has 96 valence electrons. The van der Waals surface area contributed by atoms with E-state index in [9.17, 15) is 0 Å². The molecule has 0 spiro atoms. The molecule has 0 bridgehead atoms. The lowest BCUT2D eigenvalue weighted by Crippen LogP contribution is -2.03. The molecule has 0 aliphatic heterocycles. The zero-order valence-corrected chi connectivity index (χ0v) is 11.4. The lowest BCUT2D eigenvalue weighted by atomic mass is 10.2. The Labute approximate surface area is 112 Å². The zero-order chi connectivity index (χ0) is 13.0. The highest BCUT2D eigenvalue weighted by molar-refractivity contribution is 6.17. The Morgan fingerprint density at radius 2 is 2.06 bits per heavy atom. The fourth-order valence-corrected chi connectivity index (χ4v) is 1.87. The first-order chi connectivity index (χ1) is 8.70. The van der Waals surface area contributed by atoms with Crippen molar-refractivity contribution in [1.82, 2.24) is 9.78 Å². The van der Waals surface area contributed by atoms with Gasteiger partial charge in [0, 0.05) is 17.8 Å². The zero-order valence-electron chi connectivity index (χ0n) is 10.6. The molecule has 0 atom stereocenters. The molecule has 4 heteroatoms. The van der Waals surface area contributed by atoms with Crippen molar-refractivity contribution in [3.8, 4) is 5.75 Å². The van der Waals surface area contributed by atoms with E-state index in [1.54, 1.807) is 0 Å². The van der Waals surface area contributed by atoms with Crippen LogP contribution in [0.25, 0.3) is 0 Å². The second-order valence-corrected chi connectivity index (χ2v) is 4.68. The third-order valence-corrected chi connectivity index (χ3v) is 2.97. The minimum absolute atomic E-state index is 0.369. The van der Waals surface area contributed by atoms with Gasteiger partial charge in [0.2, 0.25) is 0 Å². The summed E-state index contributed by atoms with van der Waals surface area (Å²) in [4.78, 5) is 0. The predicted molar refractivity (Wildman–Crippen MR) is 72.9 cm³/mol. The Morgan fingerprint density at radius 1 is 1.28 bits per heavy atom. The number of aromatic nitrogens is 2. The minimum Gasteiger partial charge on any atom is -0.487 e. The number of hydrogen-bond donors (Lipinski definition) is 0. The largest absolute Gasteiger partial charge is 0.487 e. The van der Waals surface area contributed by atoms with E-state index in [1.807, 2.05) is 41.2 Å². The van der Waals surface area contributed by atoms with Gasteiger partial charge in [-0.15, -0.1) is 11.6 Å². The van der Waals surface area contributed by atoms with Gasteiger partial charge in [0.05, 0.1) is 11.6 Å². The number of nitrogens with zero attached hydrogens (tertiary/aromatic N) is 2. The summed E-state index contributed by atoms with van der Waals surface area (Å²) in [7, 11) is 0. The van der Waals surface area contributed by atoms with E-state index < -0.39 is 0 Å². The molecule has 0 fully saturated rings. The lowest BCUT2D eigenvalue weighted by molar-refractivity contribution is 0.296. The Balaban J connectivity index is 2.02. The van der Waals surface area contributed by atoms with E-state index in [1.165, 1.54) is 0 Å². The quantitative estimate of drug-likeness (QED) is 0.769. The molecular formula is C14H17ClN2O. The van der Waals surface area contributed by atoms with Crippen molar-refractivity contribution in [2.75, 3.05) is 0 Å². The summed E-state index contributed by atoms with van der Waals surface area (Å²) >= 11 is 5.86. The SMILES string of the molecule is CC(C)n1ccc(COc2ccccc2CCl)n1. The molecule has 2 rings (SSSR count). The monoisotopic (exact) mass is 264 g/mol. The van der Waals surface area contributed by atoms with Gasteiger partial charge >= 0.3 is 0 Å². The number of ether oxygens (including phenoxy) is 1. The van der Waals surface area contributed by atoms with Crippen LogP contribution in [0.5, 0.6) is 5.75 Å². The molecular weight excluding hydrogens is 248 g/mol. The predicted octanol–water partition coefficient (Wildman–Crippen LogP) is 3.78. The van der Waals surface area contributed by atoms with E-state index in [0.29, 0.717) is 18.5 Å². The first-order valence-electron chi connectivity index (χ1n) is 6.01. The van der Waals surface area contributed by atoms with E-state index in [4.69, 9.17) is 16.3 Å². The first kappa shape index (κ1) is 13.0. The van der Waals surface area contributed by atoms with Gasteiger partial charge in [-0.1, -0.05) is 18.2 Å². The standard InChI is InChI=1S/C14H17ClN2O/c1-11(2)17-8-7-13(16-17)10-18-14-6-4-3-5-12(14)9-15/h3-8,11H,9-10H2,1-2H3. The smallest absolute Gasteiger partial charge is 0.132 e. The maximum Gasteiger partial charge on any atom is 0.132 e. The van der Waals surface area contributed by atoms with Gasteiger partial charge in [-0.3, -0.25) is 4.68 Å². The van der Waals surface area contributed by atoms with Crippen LogP contribution in [0.4, 0.5) is 0 Å². The van der Waals surface area contributed by atoms with E-state index >= 15 is 0 Å². The average Bonchev–Trinajstić information content (AvgIpc) is 2.85. The molecule has 0 aliphatic carbocycles. The molecule has 0 unspecified atom stereocenters. The number of hydrogen-bond acceptors (Lipinski definition) is 2. The molecule has 1 heterocycles. The van der Waals surface area contributed by atoms with Gasteiger partial charge in [0.1, 0.15) is 12.4 Å². The molecule has 1 aromatic heterocycles. The highest BCUT2D eigenvalue weighted by Crippen LogP contribution is 2.20. The van der Waals surface area contributed by atoms with Crippen LogP contribution >= 0.6 is 11.6 Å². The van der Waals surface area contributed by atoms with E-state index in [2.05, 4.69) is 18.9 Å². The molecule has 0 saturated carbocycles. The van der Waals surface area contributed by atoms with Crippen molar-refractivity contribution >= 4 is 11.6 Å². The lowest BCUT2D eigenvalue weighted by Gasteiger charge is -2.08. The Bertz CT molecular complexity index is 508. The van der Waals surface area contributed by atoms with Crippen molar-refractivity contribution in [3.63, 3.8) is 0 Å². The van der Waals surface area contributed by atoms with Crippen molar-refractivity contribution in [3.05, 3.63) is 47.8 Å². The minimum atomic E-state index is 0.369. The van der Waals surface area contributed by atoms with Crippen molar-refractivity contribution in [2.24, 2.45) is 0 Å². The maximum absolute atomic E-state index is 5.86. The fourth-order valence-electron chi connectivity index (χ4n) is 1.65. The molecule has 0 amide bonds. The van der Waals surface area contributed by atoms with Crippen molar-refractivity contribution < 1.29 is 4.74 Å². The van der Waals surface area contributed by atoms with Crippen molar-refractivity contribution in [1.29, 1.82) is 0 Å². The highest BCUT2D eigenvalue weighted by Gasteiger charge is 2.05. The Kier molecular flexibility index (Phi) is 4.26. The average molecular weight is 265 g/mol. The maximum atomic E-state index is 5.86. The van der Waals surface area contributed by atoms with Crippen LogP contribution < -0.4 is 4.74 Å². The molecule has 0 N–H and O–H groups in total. The molecule has 2 aromatic rings. The van der Waals surface area contributed by atoms with Crippen LogP contribution in [0.1, 0.15) is 31.1 Å². The summed E-state index contributed by atoms with van der Waals surface area (Å²) in [5.74, 6) is 1.28. The summed E-state index contributed by atoms with van der Waals surface area (Å²) in [6, 6.07) is 10.1. The second kappa shape index (κ2) is 5.91. The molecule has 0 aliphatic rings. The number of halogens is 1. The van der Waals surface area contributed by atoms with Crippen LogP contribution in [0.2, 0.25) is 0 Å². The summed E-state index contributed by atoms with van der Waals surface area (Å²) in [5, 5.41) is 4.44. The van der Waals surface area contributed by atoms with Crippen LogP contribution in [0.15, 0.2) is 36.5 Å². The fraction of sp³-hybridized carbons (Fsp3) is 0.357. The summed E-state index contributed by atoms with van der Waals surface area (Å²) in [5.41, 5.74) is 1.93. The first-order valence-corrected chi connectivity index (χ1v) is 6.55. The second-order valence-electron chi connectivity index (χ2n) is 4.41. The topological polar surface area (TPSA) is 27.1 Å². The van der Waals surface area contributed by atoms with Crippen molar-refractivity contribution in [2.45, 2.75) is 32.4 Å². The summed E-state index contributed by atoms with van der Waals surface area (Å²) in [6.07, 6.45) is 1.97.